The monoisotopic (exact) mass is 1360 g/mol. The second kappa shape index (κ2) is 34.5. The summed E-state index contributed by atoms with van der Waals surface area (Å²) < 4.78 is 107. The Balaban J connectivity index is 0.000000460. The minimum absolute atomic E-state index is 0. The molecule has 28 heteroatoms. The molecule has 2 aliphatic heterocycles. The summed E-state index contributed by atoms with van der Waals surface area (Å²) in [5.74, 6) is 1.20. The summed E-state index contributed by atoms with van der Waals surface area (Å²) in [6.07, 6.45) is 8.12. The van der Waals surface area contributed by atoms with Crippen LogP contribution in [0.3, 0.4) is 0 Å². The number of nitrogens with two attached hydrogens (primary N) is 1. The molecule has 2 heterocycles. The van der Waals surface area contributed by atoms with E-state index >= 15 is 0 Å². The quantitative estimate of drug-likeness (QED) is 0.0303. The maximum atomic E-state index is 13.5. The lowest BCUT2D eigenvalue weighted by molar-refractivity contribution is 0.0990. The van der Waals surface area contributed by atoms with E-state index in [1.807, 2.05) is 20.8 Å². The molecule has 2 aliphatic rings. The fraction of sp³-hybridized carbons (Fsp3) is 0.557. The first kappa shape index (κ1) is 78.1. The van der Waals surface area contributed by atoms with Gasteiger partial charge in [0, 0.05) is 76.8 Å². The van der Waals surface area contributed by atoms with E-state index in [-0.39, 0.29) is 57.1 Å². The Morgan fingerprint density at radius 1 is 0.584 bits per heavy atom. The number of amides is 3. The first-order chi connectivity index (χ1) is 40.6. The predicted octanol–water partition coefficient (Wildman–Crippen LogP) is 9.10. The van der Waals surface area contributed by atoms with Crippen molar-refractivity contribution in [1.29, 1.82) is 0 Å². The molecule has 2 fully saturated rings. The smallest absolute Gasteiger partial charge is 0.407 e. The molecule has 22 nitrogen and oxygen atoms in total. The number of piperidine rings is 2. The number of carboxylic acid groups (broad SMARTS) is 1. The van der Waals surface area contributed by atoms with Gasteiger partial charge in [0.2, 0.25) is 40.1 Å². The molecule has 0 bridgehead atoms. The Labute approximate surface area is 542 Å². The molecule has 7 N–H and O–H groups in total. The molecule has 0 spiro atoms. The van der Waals surface area contributed by atoms with E-state index < -0.39 is 63.5 Å². The van der Waals surface area contributed by atoms with Crippen LogP contribution in [0.2, 0.25) is 0 Å². The number of carbonyl (C=O) groups is 3. The summed E-state index contributed by atoms with van der Waals surface area (Å²) in [5.41, 5.74) is 8.07. The Morgan fingerprint density at radius 3 is 1.24 bits per heavy atom. The molecule has 0 aromatic heterocycles. The molecule has 89 heavy (non-hydrogen) atoms. The number of benzene rings is 4. The van der Waals surface area contributed by atoms with Crippen molar-refractivity contribution in [3.05, 3.63) is 107 Å². The number of nitrogens with one attached hydrogen (secondary N) is 4. The number of hydrogen-bond acceptors (Lipinski definition) is 14. The molecule has 0 unspecified atom stereocenters. The van der Waals surface area contributed by atoms with E-state index in [9.17, 15) is 53.2 Å². The van der Waals surface area contributed by atoms with E-state index in [0.29, 0.717) is 107 Å². The number of nitrogens with zero attached hydrogens (tertiary/aromatic N) is 5. The molecular formula is C61H96Cl2N10O12S4. The molecular weight excluding hydrogens is 1260 g/mol. The van der Waals surface area contributed by atoms with Gasteiger partial charge in [0.15, 0.2) is 0 Å². The van der Waals surface area contributed by atoms with Crippen LogP contribution in [0.4, 0.5) is 27.5 Å². The van der Waals surface area contributed by atoms with Gasteiger partial charge in [-0.25, -0.2) is 38.5 Å². The summed E-state index contributed by atoms with van der Waals surface area (Å²) in [7, 11) is -11.8. The van der Waals surface area contributed by atoms with Gasteiger partial charge >= 0.3 is 6.09 Å². The Morgan fingerprint density at radius 2 is 0.933 bits per heavy atom. The van der Waals surface area contributed by atoms with Gasteiger partial charge in [0.25, 0.3) is 11.8 Å². The highest BCUT2D eigenvalue weighted by Gasteiger charge is 2.32. The summed E-state index contributed by atoms with van der Waals surface area (Å²) >= 11 is 0. The molecule has 6 rings (SSSR count). The number of anilines is 4. The minimum Gasteiger partial charge on any atom is -0.465 e. The molecule has 0 atom stereocenters. The molecule has 0 saturated carbocycles. The lowest BCUT2D eigenvalue weighted by Gasteiger charge is -2.33. The van der Waals surface area contributed by atoms with Crippen molar-refractivity contribution < 1.29 is 53.2 Å². The van der Waals surface area contributed by atoms with Crippen molar-refractivity contribution in [1.82, 2.24) is 24.1 Å². The van der Waals surface area contributed by atoms with Crippen LogP contribution in [0.15, 0.2) is 94.7 Å². The lowest BCUT2D eigenvalue weighted by Crippen LogP contribution is -2.45. The topological polar surface area (TPSA) is 298 Å². The number of hydrogen-bond donors (Lipinski definition) is 6. The van der Waals surface area contributed by atoms with Gasteiger partial charge in [-0.1, -0.05) is 39.8 Å². The van der Waals surface area contributed by atoms with E-state index in [4.69, 9.17) is 5.73 Å². The highest BCUT2D eigenvalue weighted by Crippen LogP contribution is 2.32. The van der Waals surface area contributed by atoms with Crippen LogP contribution in [0.25, 0.3) is 0 Å². The first-order valence-corrected chi connectivity index (χ1v) is 36.3. The summed E-state index contributed by atoms with van der Waals surface area (Å²) in [4.78, 5) is 40.1. The third-order valence-corrected chi connectivity index (χ3v) is 21.7. The van der Waals surface area contributed by atoms with Gasteiger partial charge in [0.1, 0.15) is 0 Å². The molecule has 4 aromatic carbocycles. The Bertz CT molecular complexity index is 3420. The van der Waals surface area contributed by atoms with Crippen molar-refractivity contribution in [2.75, 3.05) is 98.2 Å². The van der Waals surface area contributed by atoms with Crippen LogP contribution < -0.4 is 35.6 Å². The van der Waals surface area contributed by atoms with Crippen molar-refractivity contribution in [2.24, 2.45) is 29.4 Å². The maximum Gasteiger partial charge on any atom is 0.407 e. The molecule has 3 amide bonds. The van der Waals surface area contributed by atoms with Crippen molar-refractivity contribution in [2.45, 2.75) is 128 Å². The van der Waals surface area contributed by atoms with E-state index in [1.165, 1.54) is 64.0 Å². The zero-order valence-corrected chi connectivity index (χ0v) is 58.2. The maximum absolute atomic E-state index is 13.5. The number of halogens is 2. The van der Waals surface area contributed by atoms with Crippen LogP contribution in [0.1, 0.15) is 132 Å². The largest absolute Gasteiger partial charge is 0.465 e. The standard InChI is InChI=1S/C33H51N5O7S2.C28H43N5O5S2.2ClH/c1-24(2)21-25-15-19-37(20-16-25)47(44,45)28-12-10-27(11-13-28)35-31(39)29-22-26(9-14-30(29)36(6)46(7,42)43)23-34-17-8-18-38(32(40)41)33(3,4)5;1-21(2)18-22-12-16-33(17-13-22)40(37,38)25-9-7-24(8-10-25)31-28(34)26-19-23(20-30-15-5-14-29)6-11-27(26)32(3)39(4,35)36;;/h9-14,22,24-25,34H,8,15-21,23H2,1-7H3,(H,35,39)(H,40,41);6-11,19,21-22,30H,5,12-18,20,29H2,1-4H3,(H,31,34);2*1H. The Hall–Kier alpha value is -5.13. The molecule has 4 aromatic rings. The molecule has 500 valence electrons. The van der Waals surface area contributed by atoms with Gasteiger partial charge < -0.3 is 37.0 Å². The van der Waals surface area contributed by atoms with Gasteiger partial charge in [-0.3, -0.25) is 18.2 Å². The van der Waals surface area contributed by atoms with E-state index in [2.05, 4.69) is 49.0 Å². The van der Waals surface area contributed by atoms with Gasteiger partial charge in [-0.2, -0.15) is 8.61 Å². The van der Waals surface area contributed by atoms with Gasteiger partial charge in [0.05, 0.1) is 44.8 Å². The molecule has 0 aliphatic carbocycles. The van der Waals surface area contributed by atoms with Crippen molar-refractivity contribution in [3.63, 3.8) is 0 Å². The van der Waals surface area contributed by atoms with Crippen LogP contribution in [-0.4, -0.2) is 155 Å². The SMILES string of the molecule is CC(C)CC1CCN(S(=O)(=O)c2ccc(NC(=O)c3cc(CNCCCN(C(=O)O)C(C)(C)C)ccc3N(C)S(C)(=O)=O)cc2)CC1.CC(C)CC1CCN(S(=O)(=O)c2ccc(NC(=O)c3cc(CNCCCN)ccc3N(C)S(C)(=O)=O)cc2)CC1.Cl.Cl. The van der Waals surface area contributed by atoms with Crippen molar-refractivity contribution in [3.8, 4) is 0 Å². The summed E-state index contributed by atoms with van der Waals surface area (Å²) in [5, 5.41) is 21.6. The molecule has 0 radical (unpaired) electrons. The van der Waals surface area contributed by atoms with Crippen LogP contribution in [-0.2, 0) is 53.2 Å². The lowest BCUT2D eigenvalue weighted by atomic mass is 9.89. The second-order valence-electron chi connectivity index (χ2n) is 24.5. The number of sulfonamides is 4. The zero-order valence-electron chi connectivity index (χ0n) is 53.3. The summed E-state index contributed by atoms with van der Waals surface area (Å²) in [6.45, 7) is 19.2. The first-order valence-electron chi connectivity index (χ1n) is 29.7. The van der Waals surface area contributed by atoms with Crippen LogP contribution >= 0.6 is 24.8 Å². The number of rotatable bonds is 27. The average molecular weight is 1360 g/mol. The Kier molecular flexibility index (Phi) is 30.3. The predicted molar refractivity (Wildman–Crippen MR) is 361 cm³/mol. The average Bonchev–Trinajstić information content (AvgIpc) is 2.80. The van der Waals surface area contributed by atoms with Crippen LogP contribution in [0.5, 0.6) is 0 Å². The van der Waals surface area contributed by atoms with Crippen LogP contribution in [0, 0.1) is 23.7 Å². The van der Waals surface area contributed by atoms with E-state index in [1.54, 1.807) is 48.5 Å². The number of carbonyl (C=O) groups excluding carboxylic acids is 2. The van der Waals surface area contributed by atoms with Gasteiger partial charge in [-0.15, -0.1) is 24.8 Å². The normalized spacial score (nSPS) is 14.9. The van der Waals surface area contributed by atoms with E-state index in [0.717, 1.165) is 77.2 Å². The fourth-order valence-corrected chi connectivity index (χ4v) is 14.6. The third kappa shape index (κ3) is 23.2. The highest BCUT2D eigenvalue weighted by molar-refractivity contribution is 7.92. The second-order valence-corrected chi connectivity index (χ2v) is 32.4. The van der Waals surface area contributed by atoms with Crippen molar-refractivity contribution >= 4 is 106 Å². The molecule has 2 saturated heterocycles. The summed E-state index contributed by atoms with van der Waals surface area (Å²) in [6, 6.07) is 22.0. The minimum atomic E-state index is -3.68. The third-order valence-electron chi connectivity index (χ3n) is 15.5. The zero-order chi connectivity index (χ0) is 64.7. The van der Waals surface area contributed by atoms with Gasteiger partial charge in [-0.05, 0) is 199 Å². The fourth-order valence-electron chi connectivity index (χ4n) is 10.6. The highest BCUT2D eigenvalue weighted by atomic mass is 35.5.